The number of rotatable bonds is 4. The van der Waals surface area contributed by atoms with E-state index in [-0.39, 0.29) is 6.10 Å². The van der Waals surface area contributed by atoms with Gasteiger partial charge in [0, 0.05) is 13.3 Å². The van der Waals surface area contributed by atoms with Gasteiger partial charge in [-0.05, 0) is 20.8 Å². The Labute approximate surface area is 109 Å². The van der Waals surface area contributed by atoms with Crippen molar-refractivity contribution in [1.82, 2.24) is 20.2 Å². The smallest absolute Gasteiger partial charge is 0.211 e. The molecule has 96 valence electrons. The molecule has 0 radical (unpaired) electrons. The molecule has 0 aliphatic carbocycles. The van der Waals surface area contributed by atoms with Crippen LogP contribution in [-0.4, -0.2) is 27.3 Å². The van der Waals surface area contributed by atoms with Gasteiger partial charge in [-0.1, -0.05) is 11.3 Å². The van der Waals surface area contributed by atoms with Crippen LogP contribution in [0.2, 0.25) is 0 Å². The summed E-state index contributed by atoms with van der Waals surface area (Å²) < 4.78 is 5.19. The zero-order valence-electron chi connectivity index (χ0n) is 10.8. The van der Waals surface area contributed by atoms with Crippen LogP contribution in [0.15, 0.2) is 6.20 Å². The van der Waals surface area contributed by atoms with Crippen LogP contribution < -0.4 is 5.32 Å². The normalized spacial score (nSPS) is 12.4. The summed E-state index contributed by atoms with van der Waals surface area (Å²) in [4.78, 5) is 8.62. The summed E-state index contributed by atoms with van der Waals surface area (Å²) in [7, 11) is 1.65. The summed E-state index contributed by atoms with van der Waals surface area (Å²) in [5, 5.41) is 12.8. The molecule has 1 unspecified atom stereocenters. The van der Waals surface area contributed by atoms with Crippen LogP contribution >= 0.6 is 11.3 Å². The van der Waals surface area contributed by atoms with Crippen molar-refractivity contribution in [3.05, 3.63) is 22.6 Å². The Morgan fingerprint density at radius 3 is 2.83 bits per heavy atom. The summed E-state index contributed by atoms with van der Waals surface area (Å²) in [5.41, 5.74) is 1.69. The molecular weight excluding hydrogens is 250 g/mol. The second-order valence-corrected chi connectivity index (χ2v) is 4.90. The van der Waals surface area contributed by atoms with Crippen molar-refractivity contribution in [2.24, 2.45) is 0 Å². The molecule has 0 saturated carbocycles. The van der Waals surface area contributed by atoms with Crippen molar-refractivity contribution in [3.63, 3.8) is 0 Å². The Morgan fingerprint density at radius 2 is 2.11 bits per heavy atom. The fourth-order valence-electron chi connectivity index (χ4n) is 1.31. The van der Waals surface area contributed by atoms with E-state index >= 15 is 0 Å². The van der Waals surface area contributed by atoms with Gasteiger partial charge in [-0.2, -0.15) is 0 Å². The van der Waals surface area contributed by atoms with Gasteiger partial charge in [0.25, 0.3) is 0 Å². The average molecular weight is 265 g/mol. The summed E-state index contributed by atoms with van der Waals surface area (Å²) in [5.74, 6) is 0.711. The van der Waals surface area contributed by atoms with E-state index in [4.69, 9.17) is 4.74 Å². The molecule has 18 heavy (non-hydrogen) atoms. The van der Waals surface area contributed by atoms with Gasteiger partial charge in [0.15, 0.2) is 5.82 Å². The van der Waals surface area contributed by atoms with Crippen molar-refractivity contribution in [3.8, 4) is 0 Å². The Balaban J connectivity index is 2.18. The third-order valence-electron chi connectivity index (χ3n) is 2.44. The SMILES string of the molecule is COC(C)c1nnc(Nc2nc(C)cnc2C)s1. The highest BCUT2D eigenvalue weighted by atomic mass is 32.1. The quantitative estimate of drug-likeness (QED) is 0.915. The van der Waals surface area contributed by atoms with Crippen LogP contribution in [-0.2, 0) is 4.74 Å². The molecule has 2 aromatic rings. The third-order valence-corrected chi connectivity index (χ3v) is 3.44. The molecule has 0 bridgehead atoms. The van der Waals surface area contributed by atoms with Gasteiger partial charge in [-0.15, -0.1) is 10.2 Å². The third kappa shape index (κ3) is 2.80. The number of nitrogens with zero attached hydrogens (tertiary/aromatic N) is 4. The topological polar surface area (TPSA) is 72.8 Å². The number of ether oxygens (including phenoxy) is 1. The highest BCUT2D eigenvalue weighted by molar-refractivity contribution is 7.15. The van der Waals surface area contributed by atoms with Crippen LogP contribution in [0.25, 0.3) is 0 Å². The first-order chi connectivity index (χ1) is 8.60. The minimum Gasteiger partial charge on any atom is -0.374 e. The molecular formula is C11H15N5OS. The predicted octanol–water partition coefficient (Wildman–Crippen LogP) is 2.40. The summed E-state index contributed by atoms with van der Waals surface area (Å²) in [6, 6.07) is 0. The van der Waals surface area contributed by atoms with Gasteiger partial charge < -0.3 is 10.1 Å². The lowest BCUT2D eigenvalue weighted by atomic mass is 10.4. The van der Waals surface area contributed by atoms with Gasteiger partial charge in [0.1, 0.15) is 11.1 Å². The zero-order chi connectivity index (χ0) is 13.1. The molecule has 0 aromatic carbocycles. The predicted molar refractivity (Wildman–Crippen MR) is 70.1 cm³/mol. The maximum Gasteiger partial charge on any atom is 0.211 e. The molecule has 0 saturated heterocycles. The van der Waals surface area contributed by atoms with E-state index in [1.807, 2.05) is 20.8 Å². The maximum atomic E-state index is 5.19. The highest BCUT2D eigenvalue weighted by Crippen LogP contribution is 2.25. The molecule has 6 nitrogen and oxygen atoms in total. The molecule has 1 atom stereocenters. The van der Waals surface area contributed by atoms with E-state index in [1.165, 1.54) is 11.3 Å². The Morgan fingerprint density at radius 1 is 1.33 bits per heavy atom. The van der Waals surface area contributed by atoms with E-state index in [9.17, 15) is 0 Å². The first-order valence-electron chi connectivity index (χ1n) is 5.53. The van der Waals surface area contributed by atoms with Crippen LogP contribution in [0, 0.1) is 13.8 Å². The summed E-state index contributed by atoms with van der Waals surface area (Å²) in [6.07, 6.45) is 1.68. The Hall–Kier alpha value is -1.60. The minimum absolute atomic E-state index is 0.0530. The van der Waals surface area contributed by atoms with Crippen molar-refractivity contribution in [2.45, 2.75) is 26.9 Å². The average Bonchev–Trinajstić information content (AvgIpc) is 2.81. The van der Waals surface area contributed by atoms with E-state index in [2.05, 4.69) is 25.5 Å². The monoisotopic (exact) mass is 265 g/mol. The first kappa shape index (κ1) is 12.8. The van der Waals surface area contributed by atoms with E-state index < -0.39 is 0 Å². The molecule has 0 aliphatic rings. The van der Waals surface area contributed by atoms with Gasteiger partial charge in [-0.25, -0.2) is 4.98 Å². The van der Waals surface area contributed by atoms with Crippen LogP contribution in [0.4, 0.5) is 10.9 Å². The summed E-state index contributed by atoms with van der Waals surface area (Å²) in [6.45, 7) is 5.73. The van der Waals surface area contributed by atoms with Crippen molar-refractivity contribution < 1.29 is 4.74 Å². The fourth-order valence-corrected chi connectivity index (χ4v) is 2.08. The van der Waals surface area contributed by atoms with E-state index in [0.29, 0.717) is 10.9 Å². The lowest BCUT2D eigenvalue weighted by Gasteiger charge is -2.05. The highest BCUT2D eigenvalue weighted by Gasteiger charge is 2.12. The van der Waals surface area contributed by atoms with Gasteiger partial charge in [0.2, 0.25) is 5.13 Å². The molecule has 0 aliphatic heterocycles. The van der Waals surface area contributed by atoms with Crippen LogP contribution in [0.5, 0.6) is 0 Å². The number of hydrogen-bond acceptors (Lipinski definition) is 7. The largest absolute Gasteiger partial charge is 0.374 e. The maximum absolute atomic E-state index is 5.19. The van der Waals surface area contributed by atoms with Gasteiger partial charge >= 0.3 is 0 Å². The van der Waals surface area contributed by atoms with Crippen molar-refractivity contribution in [2.75, 3.05) is 12.4 Å². The number of methoxy groups -OCH3 is 1. The lowest BCUT2D eigenvalue weighted by molar-refractivity contribution is 0.118. The molecule has 2 aromatic heterocycles. The lowest BCUT2D eigenvalue weighted by Crippen LogP contribution is -1.99. The second-order valence-electron chi connectivity index (χ2n) is 3.89. The number of nitrogens with one attached hydrogen (secondary N) is 1. The van der Waals surface area contributed by atoms with Crippen molar-refractivity contribution in [1.29, 1.82) is 0 Å². The molecule has 2 rings (SSSR count). The zero-order valence-corrected chi connectivity index (χ0v) is 11.6. The van der Waals surface area contributed by atoms with E-state index in [1.54, 1.807) is 13.3 Å². The fraction of sp³-hybridized carbons (Fsp3) is 0.455. The standard InChI is InChI=1S/C11H15N5OS/c1-6-5-12-7(2)9(13-6)14-11-16-15-10(18-11)8(3)17-4/h5,8H,1-4H3,(H,13,14,16). The van der Waals surface area contributed by atoms with Crippen molar-refractivity contribution >= 4 is 22.3 Å². The number of aromatic nitrogens is 4. The van der Waals surface area contributed by atoms with Gasteiger partial charge in [0.05, 0.1) is 11.4 Å². The molecule has 0 fully saturated rings. The van der Waals surface area contributed by atoms with Gasteiger partial charge in [-0.3, -0.25) is 4.98 Å². The number of aryl methyl sites for hydroxylation is 2. The molecule has 0 spiro atoms. The molecule has 2 heterocycles. The first-order valence-corrected chi connectivity index (χ1v) is 6.35. The number of anilines is 2. The van der Waals surface area contributed by atoms with Crippen LogP contribution in [0.3, 0.4) is 0 Å². The minimum atomic E-state index is -0.0530. The summed E-state index contributed by atoms with van der Waals surface area (Å²) >= 11 is 1.45. The Bertz CT molecular complexity index is 542. The van der Waals surface area contributed by atoms with E-state index in [0.717, 1.165) is 16.4 Å². The molecule has 1 N–H and O–H groups in total. The second kappa shape index (κ2) is 5.36. The molecule has 0 amide bonds. The molecule has 7 heteroatoms. The van der Waals surface area contributed by atoms with Crippen LogP contribution in [0.1, 0.15) is 29.4 Å². The Kier molecular flexibility index (Phi) is 3.83. The number of hydrogen-bond donors (Lipinski definition) is 1.